The normalized spacial score (nSPS) is 27.5. The Morgan fingerprint density at radius 1 is 1.37 bits per heavy atom. The minimum absolute atomic E-state index is 0.0724. The fourth-order valence-electron chi connectivity index (χ4n) is 2.91. The molecule has 2 N–H and O–H groups in total. The van der Waals surface area contributed by atoms with E-state index in [4.69, 9.17) is 0 Å². The van der Waals surface area contributed by atoms with Crippen molar-refractivity contribution in [2.24, 2.45) is 11.3 Å². The van der Waals surface area contributed by atoms with Crippen molar-refractivity contribution < 1.29 is 4.79 Å². The van der Waals surface area contributed by atoms with Gasteiger partial charge in [-0.15, -0.1) is 0 Å². The minimum atomic E-state index is -0.0724. The highest BCUT2D eigenvalue weighted by Crippen LogP contribution is 2.50. The number of hydrogen-bond donors (Lipinski definition) is 2. The predicted molar refractivity (Wildman–Crippen MR) is 75.7 cm³/mol. The van der Waals surface area contributed by atoms with E-state index in [1.54, 1.807) is 0 Å². The van der Waals surface area contributed by atoms with Gasteiger partial charge < -0.3 is 10.6 Å². The summed E-state index contributed by atoms with van der Waals surface area (Å²) in [6.07, 6.45) is 2.03. The van der Waals surface area contributed by atoms with E-state index in [1.807, 2.05) is 6.07 Å². The summed E-state index contributed by atoms with van der Waals surface area (Å²) in [6, 6.07) is 8.28. The quantitative estimate of drug-likeness (QED) is 0.869. The molecule has 2 aliphatic rings. The molecule has 102 valence electrons. The van der Waals surface area contributed by atoms with Crippen LogP contribution in [0.1, 0.15) is 31.4 Å². The van der Waals surface area contributed by atoms with Gasteiger partial charge in [0.25, 0.3) is 0 Å². The van der Waals surface area contributed by atoms with Gasteiger partial charge in [-0.05, 0) is 35.3 Å². The van der Waals surface area contributed by atoms with Crippen molar-refractivity contribution in [1.29, 1.82) is 0 Å². The number of amides is 1. The lowest BCUT2D eigenvalue weighted by Crippen LogP contribution is -2.48. The van der Waals surface area contributed by atoms with Gasteiger partial charge in [-0.2, -0.15) is 0 Å². The zero-order valence-electron chi connectivity index (χ0n) is 11.7. The number of rotatable bonds is 3. The lowest BCUT2D eigenvalue weighted by Gasteiger charge is -2.25. The zero-order valence-corrected chi connectivity index (χ0v) is 11.7. The van der Waals surface area contributed by atoms with Gasteiger partial charge in [-0.3, -0.25) is 4.79 Å². The summed E-state index contributed by atoms with van der Waals surface area (Å²) in [7, 11) is 0. The first kappa shape index (κ1) is 12.7. The van der Waals surface area contributed by atoms with Crippen molar-refractivity contribution in [2.45, 2.75) is 39.3 Å². The van der Waals surface area contributed by atoms with Gasteiger partial charge in [0.15, 0.2) is 0 Å². The van der Waals surface area contributed by atoms with Crippen LogP contribution in [0.3, 0.4) is 0 Å². The third-order valence-corrected chi connectivity index (χ3v) is 4.64. The van der Waals surface area contributed by atoms with E-state index < -0.39 is 0 Å². The summed E-state index contributed by atoms with van der Waals surface area (Å²) in [5, 5.41) is 6.43. The molecule has 1 fully saturated rings. The summed E-state index contributed by atoms with van der Waals surface area (Å²) in [5.41, 5.74) is 3.04. The molecular formula is C16H22N2O. The Labute approximate surface area is 114 Å². The summed E-state index contributed by atoms with van der Waals surface area (Å²) in [5.74, 6) is 0.810. The molecule has 3 nitrogen and oxygen atoms in total. The van der Waals surface area contributed by atoms with Crippen LogP contribution in [0.2, 0.25) is 0 Å². The van der Waals surface area contributed by atoms with Gasteiger partial charge in [0.05, 0.1) is 6.04 Å². The van der Waals surface area contributed by atoms with Crippen LogP contribution in [0.5, 0.6) is 0 Å². The molecule has 1 heterocycles. The molecule has 3 heteroatoms. The highest BCUT2D eigenvalue weighted by molar-refractivity contribution is 5.82. The number of benzene rings is 1. The monoisotopic (exact) mass is 258 g/mol. The van der Waals surface area contributed by atoms with Gasteiger partial charge in [0, 0.05) is 13.1 Å². The first-order valence-electron chi connectivity index (χ1n) is 7.14. The molecule has 1 aromatic carbocycles. The Morgan fingerprint density at radius 3 is 2.74 bits per heavy atom. The molecular weight excluding hydrogens is 236 g/mol. The van der Waals surface area contributed by atoms with Crippen LogP contribution in [0.25, 0.3) is 0 Å². The van der Waals surface area contributed by atoms with Crippen molar-refractivity contribution >= 4 is 5.91 Å². The highest BCUT2D eigenvalue weighted by atomic mass is 16.2. The number of carbonyl (C=O) groups is 1. The average molecular weight is 258 g/mol. The van der Waals surface area contributed by atoms with Crippen molar-refractivity contribution in [3.8, 4) is 0 Å². The first-order valence-corrected chi connectivity index (χ1v) is 7.14. The second-order valence-corrected chi connectivity index (χ2v) is 6.54. The van der Waals surface area contributed by atoms with Crippen molar-refractivity contribution in [3.05, 3.63) is 35.4 Å². The van der Waals surface area contributed by atoms with Crippen molar-refractivity contribution in [1.82, 2.24) is 10.6 Å². The van der Waals surface area contributed by atoms with E-state index in [0.29, 0.717) is 11.3 Å². The van der Waals surface area contributed by atoms with Crippen LogP contribution >= 0.6 is 0 Å². The van der Waals surface area contributed by atoms with Gasteiger partial charge in [-0.25, -0.2) is 0 Å². The van der Waals surface area contributed by atoms with E-state index in [2.05, 4.69) is 42.7 Å². The number of hydrogen-bond acceptors (Lipinski definition) is 2. The maximum absolute atomic E-state index is 12.2. The summed E-state index contributed by atoms with van der Waals surface area (Å²) >= 11 is 0. The molecule has 1 aliphatic heterocycles. The van der Waals surface area contributed by atoms with E-state index in [1.165, 1.54) is 17.5 Å². The average Bonchev–Trinajstić information content (AvgIpc) is 3.03. The molecule has 0 spiro atoms. The fraction of sp³-hybridized carbons (Fsp3) is 0.562. The topological polar surface area (TPSA) is 41.1 Å². The molecule has 1 saturated carbocycles. The molecule has 1 aliphatic carbocycles. The summed E-state index contributed by atoms with van der Waals surface area (Å²) in [4.78, 5) is 12.2. The Balaban J connectivity index is 1.55. The van der Waals surface area contributed by atoms with Crippen LogP contribution in [0, 0.1) is 11.3 Å². The Morgan fingerprint density at radius 2 is 2.05 bits per heavy atom. The second kappa shape index (κ2) is 4.64. The Hall–Kier alpha value is -1.35. The van der Waals surface area contributed by atoms with Gasteiger partial charge in [0.2, 0.25) is 5.91 Å². The lowest BCUT2D eigenvalue weighted by molar-refractivity contribution is -0.123. The van der Waals surface area contributed by atoms with Crippen LogP contribution in [0.4, 0.5) is 0 Å². The van der Waals surface area contributed by atoms with E-state index in [0.717, 1.165) is 19.5 Å². The lowest BCUT2D eigenvalue weighted by atomic mass is 9.95. The summed E-state index contributed by atoms with van der Waals surface area (Å²) < 4.78 is 0. The van der Waals surface area contributed by atoms with E-state index >= 15 is 0 Å². The third-order valence-electron chi connectivity index (χ3n) is 4.64. The number of fused-ring (bicyclic) bond motifs is 1. The number of carbonyl (C=O) groups excluding carboxylic acids is 1. The van der Waals surface area contributed by atoms with Crippen LogP contribution < -0.4 is 10.6 Å². The molecule has 0 aromatic heterocycles. The molecule has 0 saturated heterocycles. The Bertz CT molecular complexity index is 495. The molecule has 2 atom stereocenters. The molecule has 0 radical (unpaired) electrons. The van der Waals surface area contributed by atoms with E-state index in [-0.39, 0.29) is 11.9 Å². The van der Waals surface area contributed by atoms with Crippen molar-refractivity contribution in [3.63, 3.8) is 0 Å². The predicted octanol–water partition coefficient (Wildman–Crippen LogP) is 1.86. The molecule has 19 heavy (non-hydrogen) atoms. The molecule has 1 aromatic rings. The van der Waals surface area contributed by atoms with Crippen LogP contribution in [-0.4, -0.2) is 18.5 Å². The maximum Gasteiger partial charge on any atom is 0.237 e. The largest absolute Gasteiger partial charge is 0.354 e. The van der Waals surface area contributed by atoms with Crippen LogP contribution in [-0.2, 0) is 17.8 Å². The highest BCUT2D eigenvalue weighted by Gasteiger charge is 2.45. The Kier molecular flexibility index (Phi) is 3.09. The standard InChI is InChI=1S/C16H22N2O/c1-16(2)8-13(16)10-18-15(19)14-7-11-5-3-4-6-12(11)9-17-14/h3-6,13-14,17H,7-10H2,1-2H3,(H,18,19). The smallest absolute Gasteiger partial charge is 0.237 e. The molecule has 1 amide bonds. The van der Waals surface area contributed by atoms with Crippen molar-refractivity contribution in [2.75, 3.05) is 6.54 Å². The number of nitrogens with one attached hydrogen (secondary N) is 2. The first-order chi connectivity index (χ1) is 9.06. The van der Waals surface area contributed by atoms with E-state index in [9.17, 15) is 4.79 Å². The third kappa shape index (κ3) is 2.66. The molecule has 3 rings (SSSR count). The SMILES string of the molecule is CC1(C)CC1CNC(=O)C1Cc2ccccc2CN1. The molecule has 2 unspecified atom stereocenters. The summed E-state index contributed by atoms with van der Waals surface area (Å²) in [6.45, 7) is 6.15. The fourth-order valence-corrected chi connectivity index (χ4v) is 2.91. The molecule has 0 bridgehead atoms. The maximum atomic E-state index is 12.2. The zero-order chi connectivity index (χ0) is 13.5. The van der Waals surface area contributed by atoms with Crippen LogP contribution in [0.15, 0.2) is 24.3 Å². The van der Waals surface area contributed by atoms with Gasteiger partial charge in [0.1, 0.15) is 0 Å². The minimum Gasteiger partial charge on any atom is -0.354 e. The second-order valence-electron chi connectivity index (χ2n) is 6.54. The van der Waals surface area contributed by atoms with Gasteiger partial charge in [-0.1, -0.05) is 38.1 Å². The van der Waals surface area contributed by atoms with Gasteiger partial charge >= 0.3 is 0 Å².